The van der Waals surface area contributed by atoms with Crippen molar-refractivity contribution < 1.29 is 4.74 Å². The summed E-state index contributed by atoms with van der Waals surface area (Å²) >= 11 is 0. The van der Waals surface area contributed by atoms with E-state index in [1.54, 1.807) is 7.05 Å². The summed E-state index contributed by atoms with van der Waals surface area (Å²) in [5, 5.41) is 6.73. The van der Waals surface area contributed by atoms with Crippen molar-refractivity contribution >= 4 is 29.9 Å². The fourth-order valence-corrected chi connectivity index (χ4v) is 2.45. The van der Waals surface area contributed by atoms with Crippen LogP contribution in [0.4, 0.5) is 0 Å². The van der Waals surface area contributed by atoms with Crippen LogP contribution in [0.2, 0.25) is 0 Å². The maximum absolute atomic E-state index is 5.53. The average molecular weight is 453 g/mol. The highest BCUT2D eigenvalue weighted by Crippen LogP contribution is 2.09. The van der Waals surface area contributed by atoms with E-state index in [9.17, 15) is 0 Å². The minimum Gasteiger partial charge on any atom is -0.377 e. The first kappa shape index (κ1) is 21.4. The van der Waals surface area contributed by atoms with Gasteiger partial charge >= 0.3 is 0 Å². The molecule has 0 radical (unpaired) electrons. The molecular weight excluding hydrogens is 425 g/mol. The van der Waals surface area contributed by atoms with Gasteiger partial charge in [-0.2, -0.15) is 0 Å². The van der Waals surface area contributed by atoms with Gasteiger partial charge in [-0.3, -0.25) is 4.99 Å². The van der Waals surface area contributed by atoms with Crippen LogP contribution in [0.3, 0.4) is 0 Å². The molecule has 0 aliphatic heterocycles. The average Bonchev–Trinajstić information content (AvgIpc) is 2.64. The Kier molecular flexibility index (Phi) is 10.9. The summed E-state index contributed by atoms with van der Waals surface area (Å²) in [4.78, 5) is 4.29. The van der Waals surface area contributed by atoms with Gasteiger partial charge in [0, 0.05) is 26.7 Å². The maximum Gasteiger partial charge on any atom is 0.191 e. The summed E-state index contributed by atoms with van der Waals surface area (Å²) in [6.45, 7) is 4.97. The molecule has 0 saturated carbocycles. The van der Waals surface area contributed by atoms with Crippen LogP contribution in [-0.4, -0.2) is 26.2 Å². The van der Waals surface area contributed by atoms with E-state index in [0.29, 0.717) is 6.61 Å². The second-order valence-electron chi connectivity index (χ2n) is 5.49. The number of aliphatic imine (C=N–C) groups is 1. The van der Waals surface area contributed by atoms with Crippen LogP contribution in [-0.2, 0) is 24.3 Å². The van der Waals surface area contributed by atoms with Gasteiger partial charge in [-0.1, -0.05) is 54.6 Å². The molecule has 2 aromatic carbocycles. The lowest BCUT2D eigenvalue weighted by atomic mass is 10.1. The van der Waals surface area contributed by atoms with E-state index in [2.05, 4.69) is 58.1 Å². The second-order valence-corrected chi connectivity index (χ2v) is 5.49. The quantitative estimate of drug-likeness (QED) is 0.364. The van der Waals surface area contributed by atoms with Crippen molar-refractivity contribution in [3.05, 3.63) is 71.3 Å². The molecule has 25 heavy (non-hydrogen) atoms. The van der Waals surface area contributed by atoms with Gasteiger partial charge in [-0.05, 0) is 30.0 Å². The van der Waals surface area contributed by atoms with E-state index >= 15 is 0 Å². The Labute approximate surface area is 168 Å². The number of hydrogen-bond acceptors (Lipinski definition) is 2. The fraction of sp³-hybridized carbons (Fsp3) is 0.350. The predicted molar refractivity (Wildman–Crippen MR) is 116 cm³/mol. The molecule has 5 heteroatoms. The lowest BCUT2D eigenvalue weighted by Gasteiger charge is -2.14. The third-order valence-electron chi connectivity index (χ3n) is 3.80. The van der Waals surface area contributed by atoms with E-state index in [0.717, 1.165) is 32.1 Å². The van der Waals surface area contributed by atoms with Crippen LogP contribution in [0.1, 0.15) is 23.6 Å². The lowest BCUT2D eigenvalue weighted by molar-refractivity contribution is 0.133. The highest BCUT2D eigenvalue weighted by molar-refractivity contribution is 14.0. The predicted octanol–water partition coefficient (Wildman–Crippen LogP) is 3.75. The van der Waals surface area contributed by atoms with E-state index in [1.165, 1.54) is 16.7 Å². The zero-order chi connectivity index (χ0) is 17.0. The van der Waals surface area contributed by atoms with Gasteiger partial charge in [0.1, 0.15) is 0 Å². The number of ether oxygens (including phenoxy) is 1. The first-order valence-corrected chi connectivity index (χ1v) is 8.46. The molecule has 0 bridgehead atoms. The smallest absolute Gasteiger partial charge is 0.191 e. The van der Waals surface area contributed by atoms with Crippen LogP contribution in [0.15, 0.2) is 59.6 Å². The van der Waals surface area contributed by atoms with Crippen LogP contribution in [0.5, 0.6) is 0 Å². The summed E-state index contributed by atoms with van der Waals surface area (Å²) in [5.74, 6) is 0.817. The Morgan fingerprint density at radius 2 is 1.64 bits per heavy atom. The van der Waals surface area contributed by atoms with E-state index in [1.807, 2.05) is 19.1 Å². The Balaban J connectivity index is 0.00000312. The van der Waals surface area contributed by atoms with Gasteiger partial charge in [-0.15, -0.1) is 24.0 Å². The molecule has 2 rings (SSSR count). The van der Waals surface area contributed by atoms with Crippen LogP contribution >= 0.6 is 24.0 Å². The number of rotatable bonds is 8. The van der Waals surface area contributed by atoms with Crippen LogP contribution < -0.4 is 10.6 Å². The maximum atomic E-state index is 5.53. The molecule has 0 saturated heterocycles. The van der Waals surface area contributed by atoms with Crippen LogP contribution in [0, 0.1) is 0 Å². The number of guanidine groups is 1. The van der Waals surface area contributed by atoms with E-state index in [-0.39, 0.29) is 24.0 Å². The van der Waals surface area contributed by atoms with Crippen molar-refractivity contribution in [3.8, 4) is 0 Å². The zero-order valence-corrected chi connectivity index (χ0v) is 17.3. The molecule has 0 aliphatic carbocycles. The molecule has 0 atom stereocenters. The third-order valence-corrected chi connectivity index (χ3v) is 3.80. The van der Waals surface area contributed by atoms with Crippen LogP contribution in [0.25, 0.3) is 0 Å². The Bertz CT molecular complexity index is 632. The first-order valence-electron chi connectivity index (χ1n) is 8.46. The summed E-state index contributed by atoms with van der Waals surface area (Å²) < 4.78 is 5.53. The topological polar surface area (TPSA) is 45.6 Å². The van der Waals surface area contributed by atoms with Crippen molar-refractivity contribution in [3.63, 3.8) is 0 Å². The molecule has 0 heterocycles. The SMILES string of the molecule is CCOCc1ccccc1CNC(=NC)NCCc1ccccc1.I. The van der Waals surface area contributed by atoms with Crippen molar-refractivity contribution in [2.24, 2.45) is 4.99 Å². The molecule has 2 N–H and O–H groups in total. The van der Waals surface area contributed by atoms with Crippen molar-refractivity contribution in [2.75, 3.05) is 20.2 Å². The molecule has 0 unspecified atom stereocenters. The van der Waals surface area contributed by atoms with Gasteiger partial charge in [0.05, 0.1) is 6.61 Å². The number of nitrogens with zero attached hydrogens (tertiary/aromatic N) is 1. The van der Waals surface area contributed by atoms with Gasteiger partial charge < -0.3 is 15.4 Å². The summed E-state index contributed by atoms with van der Waals surface area (Å²) in [6, 6.07) is 18.8. The van der Waals surface area contributed by atoms with Gasteiger partial charge in [0.2, 0.25) is 0 Å². The molecule has 0 amide bonds. The Hall–Kier alpha value is -1.60. The van der Waals surface area contributed by atoms with Crippen molar-refractivity contribution in [1.82, 2.24) is 10.6 Å². The number of benzene rings is 2. The molecule has 0 spiro atoms. The normalized spacial score (nSPS) is 10.9. The van der Waals surface area contributed by atoms with E-state index in [4.69, 9.17) is 4.74 Å². The molecular formula is C20H28IN3O. The number of nitrogens with one attached hydrogen (secondary N) is 2. The zero-order valence-electron chi connectivity index (χ0n) is 15.0. The third kappa shape index (κ3) is 7.88. The summed E-state index contributed by atoms with van der Waals surface area (Å²) in [6.07, 6.45) is 0.975. The molecule has 136 valence electrons. The van der Waals surface area contributed by atoms with E-state index < -0.39 is 0 Å². The molecule has 0 fully saturated rings. The largest absolute Gasteiger partial charge is 0.377 e. The fourth-order valence-electron chi connectivity index (χ4n) is 2.45. The minimum absolute atomic E-state index is 0. The van der Waals surface area contributed by atoms with Crippen molar-refractivity contribution in [1.29, 1.82) is 0 Å². The summed E-state index contributed by atoms with van der Waals surface area (Å²) in [5.41, 5.74) is 3.77. The first-order chi connectivity index (χ1) is 11.8. The van der Waals surface area contributed by atoms with Gasteiger partial charge in [-0.25, -0.2) is 0 Å². The summed E-state index contributed by atoms with van der Waals surface area (Å²) in [7, 11) is 1.80. The standard InChI is InChI=1S/C20H27N3O.HI/c1-3-24-16-19-12-8-7-11-18(19)15-23-20(21-2)22-14-13-17-9-5-4-6-10-17;/h4-12H,3,13-16H2,1-2H3,(H2,21,22,23);1H. The van der Waals surface area contributed by atoms with Crippen molar-refractivity contribution in [2.45, 2.75) is 26.5 Å². The molecule has 2 aromatic rings. The monoisotopic (exact) mass is 453 g/mol. The van der Waals surface area contributed by atoms with Gasteiger partial charge in [0.15, 0.2) is 5.96 Å². The van der Waals surface area contributed by atoms with Gasteiger partial charge in [0.25, 0.3) is 0 Å². The number of halogens is 1. The second kappa shape index (κ2) is 12.7. The minimum atomic E-state index is 0. The Morgan fingerprint density at radius 3 is 2.32 bits per heavy atom. The molecule has 0 aromatic heterocycles. The lowest BCUT2D eigenvalue weighted by Crippen LogP contribution is -2.38. The number of hydrogen-bond donors (Lipinski definition) is 2. The highest BCUT2D eigenvalue weighted by Gasteiger charge is 2.03. The Morgan fingerprint density at radius 1 is 0.960 bits per heavy atom. The molecule has 0 aliphatic rings. The molecule has 4 nitrogen and oxygen atoms in total. The highest BCUT2D eigenvalue weighted by atomic mass is 127.